The number of nitrogens with zero attached hydrogens (tertiary/aromatic N) is 3. The Morgan fingerprint density at radius 2 is 1.69 bits per heavy atom. The van der Waals surface area contributed by atoms with Crippen LogP contribution >= 0.6 is 0 Å². The van der Waals surface area contributed by atoms with E-state index in [1.807, 2.05) is 11.0 Å². The average Bonchev–Trinajstić information content (AvgIpc) is 2.39. The molecule has 1 fully saturated rings. The Kier molecular flexibility index (Phi) is 3.14. The molecule has 0 unspecified atom stereocenters. The molecule has 0 aliphatic carbocycles. The Hall–Kier alpha value is -1.91. The summed E-state index contributed by atoms with van der Waals surface area (Å²) in [5.41, 5.74) is 6.92. The molecule has 1 aliphatic rings. The molecule has 1 aromatic rings. The van der Waals surface area contributed by atoms with E-state index in [4.69, 9.17) is 11.6 Å². The zero-order valence-corrected chi connectivity index (χ0v) is 9.21. The molecule has 5 heteroatoms. The Morgan fingerprint density at radius 1 is 1.06 bits per heavy atom. The van der Waals surface area contributed by atoms with Gasteiger partial charge in [0.05, 0.1) is 0 Å². The van der Waals surface area contributed by atoms with Crippen molar-refractivity contribution in [3.63, 3.8) is 0 Å². The molecule has 5 nitrogen and oxygen atoms in total. The van der Waals surface area contributed by atoms with Gasteiger partial charge in [0.25, 0.3) is 0 Å². The van der Waals surface area contributed by atoms with Crippen LogP contribution in [0.3, 0.4) is 0 Å². The van der Waals surface area contributed by atoms with E-state index < -0.39 is 0 Å². The highest BCUT2D eigenvalue weighted by Crippen LogP contribution is 2.15. The van der Waals surface area contributed by atoms with E-state index in [1.165, 1.54) is 5.69 Å². The van der Waals surface area contributed by atoms with Crippen LogP contribution in [0.4, 0.5) is 5.69 Å². The molecular weight excluding hydrogens is 202 g/mol. The lowest BCUT2D eigenvalue weighted by Gasteiger charge is -2.36. The molecule has 0 spiro atoms. The van der Waals surface area contributed by atoms with E-state index >= 15 is 0 Å². The number of piperazine rings is 1. The number of hydrogen-bond donors (Lipinski definition) is 2. The summed E-state index contributed by atoms with van der Waals surface area (Å²) >= 11 is 0. The Balaban J connectivity index is 1.96. The fourth-order valence-electron chi connectivity index (χ4n) is 1.91. The van der Waals surface area contributed by atoms with Crippen LogP contribution in [0.5, 0.6) is 0 Å². The zero-order valence-electron chi connectivity index (χ0n) is 9.21. The molecule has 16 heavy (non-hydrogen) atoms. The molecule has 0 radical (unpaired) electrons. The van der Waals surface area contributed by atoms with Gasteiger partial charge in [0, 0.05) is 31.9 Å². The molecule has 1 saturated heterocycles. The topological polar surface area (TPSA) is 70.9 Å². The van der Waals surface area contributed by atoms with Crippen LogP contribution < -0.4 is 16.5 Å². The molecular formula is C11H17N5. The maximum Gasteiger partial charge on any atom is 0.213 e. The summed E-state index contributed by atoms with van der Waals surface area (Å²) in [5.74, 6) is 5.58. The molecule has 1 heterocycles. The van der Waals surface area contributed by atoms with Gasteiger partial charge in [-0.3, -0.25) is 0 Å². The SMILES string of the molecule is NN=C(N)N1CCN(c2ccccc2)CC1. The molecule has 1 aromatic carbocycles. The Labute approximate surface area is 95.3 Å². The number of nitrogens with two attached hydrogens (primary N) is 2. The quantitative estimate of drug-likeness (QED) is 0.302. The van der Waals surface area contributed by atoms with Crippen molar-refractivity contribution in [2.75, 3.05) is 31.1 Å². The van der Waals surface area contributed by atoms with Crippen LogP contribution in [0, 0.1) is 0 Å². The third kappa shape index (κ3) is 2.18. The number of guanidine groups is 1. The smallest absolute Gasteiger partial charge is 0.213 e. The van der Waals surface area contributed by atoms with Crippen molar-refractivity contribution in [1.29, 1.82) is 0 Å². The summed E-state index contributed by atoms with van der Waals surface area (Å²) in [6, 6.07) is 10.4. The Bertz CT molecular complexity index is 354. The lowest BCUT2D eigenvalue weighted by Crippen LogP contribution is -2.51. The fourth-order valence-corrected chi connectivity index (χ4v) is 1.91. The second kappa shape index (κ2) is 4.74. The minimum atomic E-state index is 0.424. The first-order chi connectivity index (χ1) is 7.81. The third-order valence-electron chi connectivity index (χ3n) is 2.86. The Morgan fingerprint density at radius 3 is 2.25 bits per heavy atom. The molecule has 86 valence electrons. The maximum absolute atomic E-state index is 5.66. The highest BCUT2D eigenvalue weighted by atomic mass is 15.4. The van der Waals surface area contributed by atoms with E-state index in [0.29, 0.717) is 5.96 Å². The number of para-hydroxylation sites is 1. The van der Waals surface area contributed by atoms with Gasteiger partial charge in [-0.15, -0.1) is 5.10 Å². The number of benzene rings is 1. The average molecular weight is 219 g/mol. The molecule has 0 amide bonds. The summed E-state index contributed by atoms with van der Waals surface area (Å²) in [6.07, 6.45) is 0. The van der Waals surface area contributed by atoms with Crippen molar-refractivity contribution in [1.82, 2.24) is 4.90 Å². The van der Waals surface area contributed by atoms with E-state index in [2.05, 4.69) is 34.3 Å². The van der Waals surface area contributed by atoms with Crippen molar-refractivity contribution in [3.05, 3.63) is 30.3 Å². The van der Waals surface area contributed by atoms with Crippen molar-refractivity contribution >= 4 is 11.6 Å². The fraction of sp³-hybridized carbons (Fsp3) is 0.364. The van der Waals surface area contributed by atoms with Gasteiger partial charge in [0.2, 0.25) is 5.96 Å². The third-order valence-corrected chi connectivity index (χ3v) is 2.86. The maximum atomic E-state index is 5.66. The van der Waals surface area contributed by atoms with Gasteiger partial charge >= 0.3 is 0 Å². The molecule has 0 saturated carbocycles. The van der Waals surface area contributed by atoms with Gasteiger partial charge in [-0.1, -0.05) is 18.2 Å². The zero-order chi connectivity index (χ0) is 11.4. The summed E-state index contributed by atoms with van der Waals surface area (Å²) in [5, 5.41) is 3.51. The highest BCUT2D eigenvalue weighted by molar-refractivity contribution is 5.78. The largest absolute Gasteiger partial charge is 0.368 e. The lowest BCUT2D eigenvalue weighted by atomic mass is 10.2. The molecule has 1 aliphatic heterocycles. The summed E-state index contributed by atoms with van der Waals surface area (Å²) in [4.78, 5) is 4.33. The van der Waals surface area contributed by atoms with Crippen LogP contribution in [0.1, 0.15) is 0 Å². The predicted octanol–water partition coefficient (Wildman–Crippen LogP) is -0.00300. The minimum Gasteiger partial charge on any atom is -0.368 e. The molecule has 0 aromatic heterocycles. The first-order valence-electron chi connectivity index (χ1n) is 5.39. The van der Waals surface area contributed by atoms with Crippen LogP contribution in [0.25, 0.3) is 0 Å². The molecule has 2 rings (SSSR count). The van der Waals surface area contributed by atoms with Crippen molar-refractivity contribution in [2.45, 2.75) is 0 Å². The minimum absolute atomic E-state index is 0.424. The monoisotopic (exact) mass is 219 g/mol. The van der Waals surface area contributed by atoms with Gasteiger partial charge in [0.1, 0.15) is 0 Å². The molecule has 0 bridgehead atoms. The van der Waals surface area contributed by atoms with Gasteiger partial charge in [0.15, 0.2) is 0 Å². The van der Waals surface area contributed by atoms with Gasteiger partial charge in [-0.2, -0.15) is 0 Å². The van der Waals surface area contributed by atoms with E-state index in [0.717, 1.165) is 26.2 Å². The van der Waals surface area contributed by atoms with Gasteiger partial charge in [-0.25, -0.2) is 0 Å². The summed E-state index contributed by atoms with van der Waals surface area (Å²) in [7, 11) is 0. The standard InChI is InChI=1S/C11H17N5/c12-11(14-13)16-8-6-15(7-9-16)10-4-2-1-3-5-10/h1-5H,6-9,13H2,(H2,12,14). The first-order valence-corrected chi connectivity index (χ1v) is 5.39. The van der Waals surface area contributed by atoms with Gasteiger partial charge in [-0.05, 0) is 12.1 Å². The summed E-state index contributed by atoms with van der Waals surface area (Å²) in [6.45, 7) is 3.61. The van der Waals surface area contributed by atoms with Crippen LogP contribution in [-0.4, -0.2) is 37.0 Å². The van der Waals surface area contributed by atoms with E-state index in [-0.39, 0.29) is 0 Å². The number of hydrogen-bond acceptors (Lipinski definition) is 3. The molecule has 4 N–H and O–H groups in total. The second-order valence-electron chi connectivity index (χ2n) is 3.80. The second-order valence-corrected chi connectivity index (χ2v) is 3.80. The van der Waals surface area contributed by atoms with Crippen LogP contribution in [-0.2, 0) is 0 Å². The first kappa shape index (κ1) is 10.6. The lowest BCUT2D eigenvalue weighted by molar-refractivity contribution is 0.381. The van der Waals surface area contributed by atoms with Crippen molar-refractivity contribution in [2.24, 2.45) is 16.7 Å². The predicted molar refractivity (Wildman–Crippen MR) is 66.0 cm³/mol. The summed E-state index contributed by atoms with van der Waals surface area (Å²) < 4.78 is 0. The van der Waals surface area contributed by atoms with Crippen LogP contribution in [0.15, 0.2) is 35.4 Å². The van der Waals surface area contributed by atoms with Crippen molar-refractivity contribution < 1.29 is 0 Å². The van der Waals surface area contributed by atoms with E-state index in [9.17, 15) is 0 Å². The number of anilines is 1. The number of rotatable bonds is 1. The number of hydrazone groups is 1. The highest BCUT2D eigenvalue weighted by Gasteiger charge is 2.17. The van der Waals surface area contributed by atoms with Crippen molar-refractivity contribution in [3.8, 4) is 0 Å². The van der Waals surface area contributed by atoms with E-state index in [1.54, 1.807) is 0 Å². The van der Waals surface area contributed by atoms with Crippen LogP contribution in [0.2, 0.25) is 0 Å². The normalized spacial score (nSPS) is 17.6. The van der Waals surface area contributed by atoms with Gasteiger partial charge < -0.3 is 21.4 Å². The molecule has 0 atom stereocenters.